The van der Waals surface area contributed by atoms with E-state index in [0.717, 1.165) is 6.07 Å². The van der Waals surface area contributed by atoms with Gasteiger partial charge in [-0.2, -0.15) is 5.26 Å². The van der Waals surface area contributed by atoms with Gasteiger partial charge < -0.3 is 0 Å². The topological polar surface area (TPSA) is 84.0 Å². The molecule has 0 N–H and O–H groups in total. The summed E-state index contributed by atoms with van der Waals surface area (Å²) in [5.74, 6) is 0. The highest BCUT2D eigenvalue weighted by Crippen LogP contribution is 2.25. The van der Waals surface area contributed by atoms with Crippen LogP contribution in [0.3, 0.4) is 0 Å². The number of nitro groups is 1. The molecule has 0 heterocycles. The summed E-state index contributed by atoms with van der Waals surface area (Å²) in [5, 5.41) is 18.3. The SMILES string of the molecule is N#Cc1cc([N+](=O)[O-])c(C(=O)Cl)cc1I. The van der Waals surface area contributed by atoms with Gasteiger partial charge in [0.2, 0.25) is 0 Å². The lowest BCUT2D eigenvalue weighted by atomic mass is 10.1. The first-order valence-electron chi connectivity index (χ1n) is 3.55. The molecule has 0 amide bonds. The van der Waals surface area contributed by atoms with Gasteiger partial charge >= 0.3 is 0 Å². The molecule has 7 heteroatoms. The van der Waals surface area contributed by atoms with Crippen molar-refractivity contribution in [3.63, 3.8) is 0 Å². The van der Waals surface area contributed by atoms with Crippen LogP contribution in [0, 0.1) is 25.0 Å². The monoisotopic (exact) mass is 336 g/mol. The number of nitro benzene ring substituents is 1. The maximum absolute atomic E-state index is 10.9. The molecule has 0 atom stereocenters. The van der Waals surface area contributed by atoms with Gasteiger partial charge in [0.1, 0.15) is 11.6 Å². The molecule has 0 aliphatic carbocycles. The Bertz CT molecular complexity index is 495. The van der Waals surface area contributed by atoms with Gasteiger partial charge in [0.05, 0.1) is 10.5 Å². The minimum Gasteiger partial charge on any atom is -0.275 e. The van der Waals surface area contributed by atoms with Gasteiger partial charge in [0, 0.05) is 9.64 Å². The number of halogens is 2. The number of nitrogens with zero attached hydrogens (tertiary/aromatic N) is 2. The Morgan fingerprint density at radius 2 is 2.20 bits per heavy atom. The number of carbonyl (C=O) groups excluding carboxylic acids is 1. The standard InChI is InChI=1S/C8H2ClIN2O3/c9-8(13)5-2-6(10)4(3-11)1-7(5)12(14)15/h1-2H. The van der Waals surface area contributed by atoms with Gasteiger partial charge in [-0.3, -0.25) is 14.9 Å². The van der Waals surface area contributed by atoms with E-state index in [1.807, 2.05) is 0 Å². The van der Waals surface area contributed by atoms with Crippen LogP contribution in [0.25, 0.3) is 0 Å². The molecule has 0 saturated heterocycles. The molecule has 0 aromatic heterocycles. The molecule has 1 aromatic carbocycles. The minimum atomic E-state index is -0.913. The smallest absolute Gasteiger partial charge is 0.275 e. The zero-order valence-corrected chi connectivity index (χ0v) is 9.94. The molecule has 76 valence electrons. The lowest BCUT2D eigenvalue weighted by Crippen LogP contribution is -2.00. The van der Waals surface area contributed by atoms with Crippen molar-refractivity contribution in [2.75, 3.05) is 0 Å². The second kappa shape index (κ2) is 4.55. The van der Waals surface area contributed by atoms with Crippen LogP contribution in [0.5, 0.6) is 0 Å². The van der Waals surface area contributed by atoms with Crippen LogP contribution in [0.15, 0.2) is 12.1 Å². The fourth-order valence-electron chi connectivity index (χ4n) is 0.956. The van der Waals surface area contributed by atoms with Crippen LogP contribution in [0.2, 0.25) is 0 Å². The van der Waals surface area contributed by atoms with Gasteiger partial charge in [0.15, 0.2) is 0 Å². The second-order valence-corrected chi connectivity index (χ2v) is 4.00. The number of rotatable bonds is 2. The first kappa shape index (κ1) is 11.9. The van der Waals surface area contributed by atoms with Crippen molar-refractivity contribution >= 4 is 45.1 Å². The minimum absolute atomic E-state index is 0.143. The molecular formula is C8H2ClIN2O3. The van der Waals surface area contributed by atoms with Crippen molar-refractivity contribution in [3.8, 4) is 6.07 Å². The highest BCUT2D eigenvalue weighted by atomic mass is 127. The van der Waals surface area contributed by atoms with Crippen LogP contribution < -0.4 is 0 Å². The summed E-state index contributed by atoms with van der Waals surface area (Å²) in [6, 6.07) is 4.06. The molecule has 0 fully saturated rings. The zero-order valence-electron chi connectivity index (χ0n) is 7.03. The summed E-state index contributed by atoms with van der Waals surface area (Å²) in [6.45, 7) is 0. The highest BCUT2D eigenvalue weighted by Gasteiger charge is 2.21. The van der Waals surface area contributed by atoms with Crippen molar-refractivity contribution in [2.24, 2.45) is 0 Å². The third-order valence-electron chi connectivity index (χ3n) is 1.61. The van der Waals surface area contributed by atoms with Crippen LogP contribution in [-0.2, 0) is 0 Å². The molecule has 0 aliphatic heterocycles. The molecule has 0 unspecified atom stereocenters. The lowest BCUT2D eigenvalue weighted by Gasteiger charge is -2.00. The predicted octanol–water partition coefficient (Wildman–Crippen LogP) is 2.45. The Morgan fingerprint density at radius 3 is 2.60 bits per heavy atom. The molecule has 1 aromatic rings. The van der Waals surface area contributed by atoms with E-state index >= 15 is 0 Å². The number of benzene rings is 1. The number of hydrogen-bond acceptors (Lipinski definition) is 4. The number of nitriles is 1. The largest absolute Gasteiger partial charge is 0.282 e. The Kier molecular flexibility index (Phi) is 3.60. The van der Waals surface area contributed by atoms with Crippen molar-refractivity contribution in [2.45, 2.75) is 0 Å². The van der Waals surface area contributed by atoms with Gasteiger partial charge in [-0.1, -0.05) is 0 Å². The molecule has 5 nitrogen and oxygen atoms in total. The first-order chi connectivity index (χ1) is 6.97. The van der Waals surface area contributed by atoms with Crippen molar-refractivity contribution in [1.29, 1.82) is 5.26 Å². The Balaban J connectivity index is 3.54. The van der Waals surface area contributed by atoms with E-state index in [1.165, 1.54) is 6.07 Å². The molecule has 1 rings (SSSR count). The van der Waals surface area contributed by atoms with E-state index in [0.29, 0.717) is 3.57 Å². The van der Waals surface area contributed by atoms with Crippen LogP contribution >= 0.6 is 34.2 Å². The average molecular weight is 336 g/mol. The van der Waals surface area contributed by atoms with Gasteiger partial charge in [-0.15, -0.1) is 0 Å². The zero-order chi connectivity index (χ0) is 11.6. The van der Waals surface area contributed by atoms with Crippen LogP contribution in [0.4, 0.5) is 5.69 Å². The summed E-state index contributed by atoms with van der Waals surface area (Å²) in [7, 11) is 0. The molecule has 0 bridgehead atoms. The molecule has 0 aliphatic rings. The van der Waals surface area contributed by atoms with Crippen molar-refractivity contribution in [3.05, 3.63) is 36.9 Å². The van der Waals surface area contributed by atoms with E-state index in [1.54, 1.807) is 28.7 Å². The normalized spacial score (nSPS) is 9.40. The molecular weight excluding hydrogens is 334 g/mol. The van der Waals surface area contributed by atoms with Gasteiger partial charge in [-0.05, 0) is 40.3 Å². The summed E-state index contributed by atoms with van der Waals surface area (Å²) in [5.41, 5.74) is -0.513. The molecule has 0 radical (unpaired) electrons. The predicted molar refractivity (Wildman–Crippen MR) is 60.7 cm³/mol. The Labute approximate surface area is 103 Å². The number of carbonyl (C=O) groups is 1. The third kappa shape index (κ3) is 2.43. The summed E-state index contributed by atoms with van der Waals surface area (Å²) >= 11 is 6.99. The Hall–Kier alpha value is -1.20. The van der Waals surface area contributed by atoms with Crippen LogP contribution in [0.1, 0.15) is 15.9 Å². The van der Waals surface area contributed by atoms with Gasteiger partial charge in [0.25, 0.3) is 10.9 Å². The summed E-state index contributed by atoms with van der Waals surface area (Å²) in [6.07, 6.45) is 0. The Morgan fingerprint density at radius 1 is 1.60 bits per heavy atom. The first-order valence-corrected chi connectivity index (χ1v) is 5.01. The van der Waals surface area contributed by atoms with Crippen molar-refractivity contribution < 1.29 is 9.72 Å². The quantitative estimate of drug-likeness (QED) is 0.359. The maximum Gasteiger partial charge on any atom is 0.282 e. The van der Waals surface area contributed by atoms with E-state index in [4.69, 9.17) is 16.9 Å². The van der Waals surface area contributed by atoms with E-state index in [-0.39, 0.29) is 11.1 Å². The van der Waals surface area contributed by atoms with Crippen LogP contribution in [-0.4, -0.2) is 10.2 Å². The summed E-state index contributed by atoms with van der Waals surface area (Å²) in [4.78, 5) is 20.7. The summed E-state index contributed by atoms with van der Waals surface area (Å²) < 4.78 is 0.449. The lowest BCUT2D eigenvalue weighted by molar-refractivity contribution is -0.385. The molecule has 0 spiro atoms. The average Bonchev–Trinajstić information content (AvgIpc) is 2.16. The van der Waals surface area contributed by atoms with E-state index in [9.17, 15) is 14.9 Å². The second-order valence-electron chi connectivity index (χ2n) is 2.49. The molecule has 15 heavy (non-hydrogen) atoms. The van der Waals surface area contributed by atoms with Crippen molar-refractivity contribution in [1.82, 2.24) is 0 Å². The fraction of sp³-hybridized carbons (Fsp3) is 0. The highest BCUT2D eigenvalue weighted by molar-refractivity contribution is 14.1. The van der Waals surface area contributed by atoms with E-state index in [2.05, 4.69) is 0 Å². The third-order valence-corrected chi connectivity index (χ3v) is 2.71. The number of hydrogen-bond donors (Lipinski definition) is 0. The van der Waals surface area contributed by atoms with Gasteiger partial charge in [-0.25, -0.2) is 0 Å². The fourth-order valence-corrected chi connectivity index (χ4v) is 1.70. The van der Waals surface area contributed by atoms with E-state index < -0.39 is 15.9 Å². The maximum atomic E-state index is 10.9. The molecule has 0 saturated carbocycles.